The van der Waals surface area contributed by atoms with Crippen molar-refractivity contribution in [2.75, 3.05) is 0 Å². The fraction of sp³-hybridized carbons (Fsp3) is 0.154. The molecule has 2 aromatic heterocycles. The van der Waals surface area contributed by atoms with Crippen LogP contribution in [0.1, 0.15) is 10.4 Å². The minimum absolute atomic E-state index is 0.898. The van der Waals surface area contributed by atoms with Crippen LogP contribution in [0, 0.1) is 0 Å². The van der Waals surface area contributed by atoms with E-state index in [1.165, 1.54) is 20.5 Å². The number of fused-ring (bicyclic) bond motifs is 1. The van der Waals surface area contributed by atoms with E-state index in [2.05, 4.69) is 39.9 Å². The Labute approximate surface area is 108 Å². The number of hydrogen-bond donors (Lipinski definition) is 1. The van der Waals surface area contributed by atoms with Gasteiger partial charge in [-0.05, 0) is 22.4 Å². The number of nitrogens with zero attached hydrogens (tertiary/aromatic N) is 1. The van der Waals surface area contributed by atoms with Crippen LogP contribution >= 0.6 is 22.7 Å². The fourth-order valence-electron chi connectivity index (χ4n) is 1.82. The van der Waals surface area contributed by atoms with Crippen LogP contribution in [-0.2, 0) is 13.1 Å². The van der Waals surface area contributed by atoms with Crippen LogP contribution in [0.5, 0.6) is 0 Å². The molecule has 0 aliphatic rings. The van der Waals surface area contributed by atoms with Crippen molar-refractivity contribution in [2.24, 2.45) is 0 Å². The summed E-state index contributed by atoms with van der Waals surface area (Å²) in [6.45, 7) is 1.82. The van der Waals surface area contributed by atoms with Gasteiger partial charge in [0, 0.05) is 28.9 Å². The van der Waals surface area contributed by atoms with Crippen LogP contribution in [0.3, 0.4) is 0 Å². The van der Waals surface area contributed by atoms with E-state index in [9.17, 15) is 0 Å². The van der Waals surface area contributed by atoms with Gasteiger partial charge < -0.3 is 5.32 Å². The third-order valence-electron chi connectivity index (χ3n) is 2.66. The number of benzene rings is 1. The van der Waals surface area contributed by atoms with E-state index in [-0.39, 0.29) is 0 Å². The zero-order chi connectivity index (χ0) is 11.5. The van der Waals surface area contributed by atoms with Crippen molar-refractivity contribution in [3.8, 4) is 0 Å². The highest BCUT2D eigenvalue weighted by atomic mass is 32.1. The molecule has 4 heteroatoms. The largest absolute Gasteiger partial charge is 0.308 e. The summed E-state index contributed by atoms with van der Waals surface area (Å²) in [7, 11) is 0. The second-order valence-corrected chi connectivity index (χ2v) is 5.71. The molecule has 2 heterocycles. The topological polar surface area (TPSA) is 24.9 Å². The minimum atomic E-state index is 0.898. The quantitative estimate of drug-likeness (QED) is 0.774. The highest BCUT2D eigenvalue weighted by Gasteiger charge is 2.02. The van der Waals surface area contributed by atoms with Gasteiger partial charge in [-0.1, -0.05) is 18.2 Å². The summed E-state index contributed by atoms with van der Waals surface area (Å²) in [4.78, 5) is 5.35. The predicted molar refractivity (Wildman–Crippen MR) is 74.5 cm³/mol. The summed E-state index contributed by atoms with van der Waals surface area (Å²) < 4.78 is 1.36. The molecule has 0 fully saturated rings. The van der Waals surface area contributed by atoms with Crippen molar-refractivity contribution >= 4 is 32.8 Å². The molecule has 0 bridgehead atoms. The third kappa shape index (κ3) is 2.39. The zero-order valence-electron chi connectivity index (χ0n) is 9.22. The minimum Gasteiger partial charge on any atom is -0.308 e. The second-order valence-electron chi connectivity index (χ2n) is 3.83. The molecule has 0 saturated heterocycles. The first-order chi connectivity index (χ1) is 8.43. The summed E-state index contributed by atoms with van der Waals surface area (Å²) in [6.07, 6.45) is 1.92. The molecule has 2 nitrogen and oxygen atoms in total. The molecule has 86 valence electrons. The molecule has 1 aromatic carbocycles. The monoisotopic (exact) mass is 260 g/mol. The first-order valence-corrected chi connectivity index (χ1v) is 7.22. The Morgan fingerprint density at radius 2 is 2.06 bits per heavy atom. The Morgan fingerprint density at radius 1 is 1.12 bits per heavy atom. The van der Waals surface area contributed by atoms with Gasteiger partial charge in [0.25, 0.3) is 0 Å². The van der Waals surface area contributed by atoms with E-state index in [0.717, 1.165) is 13.1 Å². The van der Waals surface area contributed by atoms with Crippen molar-refractivity contribution in [3.05, 3.63) is 51.8 Å². The predicted octanol–water partition coefficient (Wildman–Crippen LogP) is 3.65. The molecule has 3 rings (SSSR count). The van der Waals surface area contributed by atoms with Gasteiger partial charge in [-0.15, -0.1) is 22.7 Å². The lowest BCUT2D eigenvalue weighted by Gasteiger charge is -2.01. The van der Waals surface area contributed by atoms with E-state index in [1.807, 2.05) is 23.0 Å². The van der Waals surface area contributed by atoms with Gasteiger partial charge >= 0.3 is 0 Å². The lowest BCUT2D eigenvalue weighted by atomic mass is 10.2. The summed E-state index contributed by atoms with van der Waals surface area (Å²) in [5.41, 5.74) is 3.26. The standard InChI is InChI=1S/C13H12N2S2/c1-2-4-13-12(3-1)10(8-16-13)5-14-6-11-7-15-9-17-11/h1-4,7-9,14H,5-6H2. The maximum absolute atomic E-state index is 4.07. The van der Waals surface area contributed by atoms with Gasteiger partial charge in [0.15, 0.2) is 0 Å². The zero-order valence-corrected chi connectivity index (χ0v) is 10.9. The molecule has 17 heavy (non-hydrogen) atoms. The van der Waals surface area contributed by atoms with Crippen LogP contribution in [0.2, 0.25) is 0 Å². The highest BCUT2D eigenvalue weighted by Crippen LogP contribution is 2.25. The van der Waals surface area contributed by atoms with Crippen molar-refractivity contribution in [3.63, 3.8) is 0 Å². The Hall–Kier alpha value is -1.23. The van der Waals surface area contributed by atoms with Crippen molar-refractivity contribution in [2.45, 2.75) is 13.1 Å². The van der Waals surface area contributed by atoms with E-state index in [0.29, 0.717) is 0 Å². The average Bonchev–Trinajstić information content (AvgIpc) is 2.99. The molecule has 0 saturated carbocycles. The van der Waals surface area contributed by atoms with Crippen LogP contribution in [0.25, 0.3) is 10.1 Å². The first-order valence-electron chi connectivity index (χ1n) is 5.46. The van der Waals surface area contributed by atoms with Gasteiger partial charge in [-0.25, -0.2) is 0 Å². The Kier molecular flexibility index (Phi) is 3.18. The van der Waals surface area contributed by atoms with Crippen LogP contribution in [0.4, 0.5) is 0 Å². The van der Waals surface area contributed by atoms with Crippen molar-refractivity contribution in [1.82, 2.24) is 10.3 Å². The van der Waals surface area contributed by atoms with Gasteiger partial charge in [0.1, 0.15) is 0 Å². The van der Waals surface area contributed by atoms with Crippen LogP contribution in [0.15, 0.2) is 41.4 Å². The lowest BCUT2D eigenvalue weighted by Crippen LogP contribution is -2.11. The second kappa shape index (κ2) is 4.96. The van der Waals surface area contributed by atoms with Gasteiger partial charge in [0.05, 0.1) is 5.51 Å². The summed E-state index contributed by atoms with van der Waals surface area (Å²) in [5.74, 6) is 0. The van der Waals surface area contributed by atoms with Gasteiger partial charge in [-0.2, -0.15) is 0 Å². The number of hydrogen-bond acceptors (Lipinski definition) is 4. The number of thiazole rings is 1. The highest BCUT2D eigenvalue weighted by molar-refractivity contribution is 7.17. The summed E-state index contributed by atoms with van der Waals surface area (Å²) in [5, 5.41) is 7.07. The molecular weight excluding hydrogens is 248 g/mol. The Balaban J connectivity index is 1.69. The fourth-order valence-corrected chi connectivity index (χ4v) is 3.35. The van der Waals surface area contributed by atoms with E-state index in [1.54, 1.807) is 11.3 Å². The molecule has 0 aliphatic carbocycles. The number of rotatable bonds is 4. The van der Waals surface area contributed by atoms with Crippen LogP contribution in [-0.4, -0.2) is 4.98 Å². The molecule has 3 aromatic rings. The maximum Gasteiger partial charge on any atom is 0.0794 e. The molecule has 0 spiro atoms. The number of nitrogens with one attached hydrogen (secondary N) is 1. The van der Waals surface area contributed by atoms with E-state index >= 15 is 0 Å². The Bertz CT molecular complexity index is 599. The molecule has 0 amide bonds. The molecular formula is C13H12N2S2. The van der Waals surface area contributed by atoms with E-state index < -0.39 is 0 Å². The molecule has 0 aliphatic heterocycles. The van der Waals surface area contributed by atoms with Gasteiger partial charge in [-0.3, -0.25) is 4.98 Å². The average molecular weight is 260 g/mol. The lowest BCUT2D eigenvalue weighted by molar-refractivity contribution is 0.704. The Morgan fingerprint density at radius 3 is 2.94 bits per heavy atom. The molecule has 0 atom stereocenters. The number of thiophene rings is 1. The van der Waals surface area contributed by atoms with Gasteiger partial charge in [0.2, 0.25) is 0 Å². The molecule has 0 unspecified atom stereocenters. The SMILES string of the molecule is c1ccc2c(CNCc3cncs3)csc2c1. The smallest absolute Gasteiger partial charge is 0.0794 e. The normalized spacial score (nSPS) is 11.1. The molecule has 0 radical (unpaired) electrons. The number of aromatic nitrogens is 1. The van der Waals surface area contributed by atoms with Crippen molar-refractivity contribution in [1.29, 1.82) is 0 Å². The van der Waals surface area contributed by atoms with E-state index in [4.69, 9.17) is 0 Å². The molecule has 1 N–H and O–H groups in total. The summed E-state index contributed by atoms with van der Waals surface area (Å²) in [6, 6.07) is 8.55. The maximum atomic E-state index is 4.07. The first kappa shape index (κ1) is 10.9. The third-order valence-corrected chi connectivity index (χ3v) is 4.45. The van der Waals surface area contributed by atoms with Crippen molar-refractivity contribution < 1.29 is 0 Å². The van der Waals surface area contributed by atoms with Crippen LogP contribution < -0.4 is 5.32 Å². The summed E-state index contributed by atoms with van der Waals surface area (Å²) >= 11 is 3.50.